The third kappa shape index (κ3) is 3.87. The fourth-order valence-electron chi connectivity index (χ4n) is 5.09. The number of benzene rings is 2. The first-order valence-corrected chi connectivity index (χ1v) is 11.9. The largest absolute Gasteiger partial charge is 0.378 e. The van der Waals surface area contributed by atoms with Gasteiger partial charge < -0.3 is 15.0 Å². The van der Waals surface area contributed by atoms with Gasteiger partial charge >= 0.3 is 0 Å². The zero-order valence-corrected chi connectivity index (χ0v) is 18.9. The van der Waals surface area contributed by atoms with Gasteiger partial charge in [-0.25, -0.2) is 4.98 Å². The molecule has 3 heterocycles. The summed E-state index contributed by atoms with van der Waals surface area (Å²) in [6.45, 7) is 3.16. The molecule has 6 rings (SSSR count). The third-order valence-electron chi connectivity index (χ3n) is 6.84. The minimum atomic E-state index is 0.234. The van der Waals surface area contributed by atoms with Crippen LogP contribution < -0.4 is 10.2 Å². The molecule has 2 aliphatic rings. The van der Waals surface area contributed by atoms with Gasteiger partial charge in [-0.2, -0.15) is 10.4 Å². The Morgan fingerprint density at radius 2 is 2.00 bits per heavy atom. The molecule has 170 valence electrons. The second-order valence-electron chi connectivity index (χ2n) is 8.95. The van der Waals surface area contributed by atoms with Gasteiger partial charge in [0.05, 0.1) is 36.4 Å². The van der Waals surface area contributed by atoms with E-state index < -0.39 is 0 Å². The van der Waals surface area contributed by atoms with Crippen molar-refractivity contribution in [2.24, 2.45) is 0 Å². The minimum Gasteiger partial charge on any atom is -0.378 e. The summed E-state index contributed by atoms with van der Waals surface area (Å²) >= 11 is 0. The number of nitriles is 1. The van der Waals surface area contributed by atoms with Crippen LogP contribution in [0.1, 0.15) is 35.6 Å². The van der Waals surface area contributed by atoms with E-state index in [9.17, 15) is 5.26 Å². The summed E-state index contributed by atoms with van der Waals surface area (Å²) in [5, 5.41) is 21.9. The van der Waals surface area contributed by atoms with Crippen molar-refractivity contribution >= 4 is 22.4 Å². The number of anilines is 2. The highest BCUT2D eigenvalue weighted by Gasteiger charge is 2.21. The summed E-state index contributed by atoms with van der Waals surface area (Å²) in [5.74, 6) is 0.960. The summed E-state index contributed by atoms with van der Waals surface area (Å²) in [6, 6.07) is 19.1. The van der Waals surface area contributed by atoms with Gasteiger partial charge in [-0.3, -0.25) is 5.10 Å². The molecule has 1 aliphatic heterocycles. The van der Waals surface area contributed by atoms with Crippen LogP contribution in [0.3, 0.4) is 0 Å². The first-order valence-electron chi connectivity index (χ1n) is 11.9. The Bertz CT molecular complexity index is 1380. The van der Waals surface area contributed by atoms with E-state index in [4.69, 9.17) is 4.74 Å². The predicted octanol–water partition coefficient (Wildman–Crippen LogP) is 4.82. The van der Waals surface area contributed by atoms with E-state index in [-0.39, 0.29) is 6.04 Å². The highest BCUT2D eigenvalue weighted by atomic mass is 16.5. The van der Waals surface area contributed by atoms with E-state index in [0.717, 1.165) is 84.8 Å². The Hall–Kier alpha value is -3.89. The van der Waals surface area contributed by atoms with Gasteiger partial charge in [0.2, 0.25) is 0 Å². The molecule has 1 aliphatic carbocycles. The first-order chi connectivity index (χ1) is 16.8. The fourth-order valence-corrected chi connectivity index (χ4v) is 5.09. The zero-order chi connectivity index (χ0) is 22.9. The molecule has 1 atom stereocenters. The summed E-state index contributed by atoms with van der Waals surface area (Å²) in [5.41, 5.74) is 7.36. The van der Waals surface area contributed by atoms with Crippen molar-refractivity contribution in [2.45, 2.75) is 25.3 Å². The number of ether oxygens (including phenoxy) is 1. The smallest absolute Gasteiger partial charge is 0.129 e. The molecule has 7 nitrogen and oxygen atoms in total. The van der Waals surface area contributed by atoms with Crippen LogP contribution in [0.25, 0.3) is 22.2 Å². The van der Waals surface area contributed by atoms with E-state index >= 15 is 0 Å². The number of rotatable bonds is 4. The number of fused-ring (bicyclic) bond motifs is 2. The molecule has 1 unspecified atom stereocenters. The summed E-state index contributed by atoms with van der Waals surface area (Å²) in [7, 11) is 0. The lowest BCUT2D eigenvalue weighted by atomic mass is 9.86. The highest BCUT2D eigenvalue weighted by molar-refractivity contribution is 5.95. The molecule has 2 aromatic heterocycles. The molecule has 34 heavy (non-hydrogen) atoms. The molecule has 0 saturated carbocycles. The number of nitrogens with one attached hydrogen (secondary N) is 2. The number of pyridine rings is 1. The fraction of sp³-hybridized carbons (Fsp3) is 0.296. The number of nitrogens with zero attached hydrogens (tertiary/aromatic N) is 4. The van der Waals surface area contributed by atoms with Crippen LogP contribution in [0.15, 0.2) is 54.7 Å². The summed E-state index contributed by atoms with van der Waals surface area (Å²) < 4.78 is 5.48. The quantitative estimate of drug-likeness (QED) is 0.463. The van der Waals surface area contributed by atoms with Gasteiger partial charge in [0.25, 0.3) is 0 Å². The Balaban J connectivity index is 1.31. The van der Waals surface area contributed by atoms with Crippen molar-refractivity contribution in [3.63, 3.8) is 0 Å². The lowest BCUT2D eigenvalue weighted by Crippen LogP contribution is -2.36. The van der Waals surface area contributed by atoms with E-state index in [1.165, 1.54) is 11.1 Å². The Morgan fingerprint density at radius 3 is 2.88 bits per heavy atom. The van der Waals surface area contributed by atoms with Crippen LogP contribution in [0.5, 0.6) is 0 Å². The van der Waals surface area contributed by atoms with E-state index in [0.29, 0.717) is 0 Å². The van der Waals surface area contributed by atoms with Crippen LogP contribution in [-0.2, 0) is 11.2 Å². The molecule has 1 fully saturated rings. The predicted molar refractivity (Wildman–Crippen MR) is 133 cm³/mol. The molecule has 2 aromatic carbocycles. The van der Waals surface area contributed by atoms with E-state index in [1.807, 2.05) is 24.4 Å². The van der Waals surface area contributed by atoms with Crippen molar-refractivity contribution in [3.8, 4) is 17.3 Å². The van der Waals surface area contributed by atoms with Gasteiger partial charge in [-0.1, -0.05) is 6.07 Å². The van der Waals surface area contributed by atoms with Crippen LogP contribution >= 0.6 is 0 Å². The Morgan fingerprint density at radius 1 is 1.09 bits per heavy atom. The number of hydrogen-bond acceptors (Lipinski definition) is 6. The monoisotopic (exact) mass is 450 g/mol. The van der Waals surface area contributed by atoms with Crippen LogP contribution in [0, 0.1) is 11.3 Å². The number of hydrogen-bond donors (Lipinski definition) is 2. The van der Waals surface area contributed by atoms with Crippen LogP contribution in [0.4, 0.5) is 11.5 Å². The number of aromatic nitrogens is 3. The SMILES string of the molecule is N#Cc1ccc2c(c1)CCCC2Nc1ccc2[nH]nc(-c3ccnc(N4CCOCC4)c3)c2c1. The molecular weight excluding hydrogens is 424 g/mol. The maximum atomic E-state index is 9.24. The van der Waals surface area contributed by atoms with Crippen molar-refractivity contribution in [3.05, 3.63) is 71.4 Å². The number of H-pyrrole nitrogens is 1. The average Bonchev–Trinajstić information content (AvgIpc) is 3.32. The molecular formula is C27H26N6O. The minimum absolute atomic E-state index is 0.234. The second kappa shape index (κ2) is 8.81. The van der Waals surface area contributed by atoms with Crippen molar-refractivity contribution in [1.29, 1.82) is 5.26 Å². The Kier molecular flexibility index (Phi) is 5.36. The van der Waals surface area contributed by atoms with E-state index in [2.05, 4.69) is 61.8 Å². The number of aromatic amines is 1. The molecule has 0 radical (unpaired) electrons. The zero-order valence-electron chi connectivity index (χ0n) is 18.9. The van der Waals surface area contributed by atoms with Crippen molar-refractivity contribution in [2.75, 3.05) is 36.5 Å². The highest BCUT2D eigenvalue weighted by Crippen LogP contribution is 2.35. The van der Waals surface area contributed by atoms with Gasteiger partial charge in [-0.15, -0.1) is 0 Å². The third-order valence-corrected chi connectivity index (χ3v) is 6.84. The number of morpholine rings is 1. The van der Waals surface area contributed by atoms with Crippen molar-refractivity contribution < 1.29 is 4.74 Å². The standard InChI is InChI=1S/C27H26N6O/c28-17-18-4-6-22-19(14-18)2-1-3-24(22)30-21-5-7-25-23(16-21)27(32-31-25)20-8-9-29-26(15-20)33-10-12-34-13-11-33/h4-9,14-16,24,30H,1-3,10-13H2,(H,31,32). The summed E-state index contributed by atoms with van der Waals surface area (Å²) in [6.07, 6.45) is 5.07. The van der Waals surface area contributed by atoms with E-state index in [1.54, 1.807) is 0 Å². The molecule has 7 heteroatoms. The normalized spacial score (nSPS) is 17.9. The second-order valence-corrected chi connectivity index (χ2v) is 8.95. The topological polar surface area (TPSA) is 89.9 Å². The molecule has 0 spiro atoms. The Labute approximate surface area is 198 Å². The lowest BCUT2D eigenvalue weighted by molar-refractivity contribution is 0.122. The first kappa shape index (κ1) is 20.7. The molecule has 2 N–H and O–H groups in total. The number of aryl methyl sites for hydroxylation is 1. The van der Waals surface area contributed by atoms with Gasteiger partial charge in [0.1, 0.15) is 11.5 Å². The van der Waals surface area contributed by atoms with Crippen LogP contribution in [0.2, 0.25) is 0 Å². The maximum absolute atomic E-state index is 9.24. The molecule has 0 bridgehead atoms. The van der Waals surface area contributed by atoms with Crippen molar-refractivity contribution in [1.82, 2.24) is 15.2 Å². The van der Waals surface area contributed by atoms with Gasteiger partial charge in [0.15, 0.2) is 0 Å². The molecule has 0 amide bonds. The lowest BCUT2D eigenvalue weighted by Gasteiger charge is -2.28. The van der Waals surface area contributed by atoms with Crippen LogP contribution in [-0.4, -0.2) is 41.5 Å². The van der Waals surface area contributed by atoms with Gasteiger partial charge in [0, 0.05) is 35.9 Å². The molecule has 1 saturated heterocycles. The maximum Gasteiger partial charge on any atom is 0.129 e. The molecule has 4 aromatic rings. The van der Waals surface area contributed by atoms with Gasteiger partial charge in [-0.05, 0) is 72.9 Å². The average molecular weight is 451 g/mol. The summed E-state index contributed by atoms with van der Waals surface area (Å²) in [4.78, 5) is 6.84.